The van der Waals surface area contributed by atoms with E-state index in [0.717, 1.165) is 0 Å². The van der Waals surface area contributed by atoms with Crippen LogP contribution in [0, 0.1) is 0 Å². The predicted molar refractivity (Wildman–Crippen MR) is 93.2 cm³/mol. The van der Waals surface area contributed by atoms with Gasteiger partial charge in [0.15, 0.2) is 17.8 Å². The number of hydrogen-bond acceptors (Lipinski definition) is 6. The van der Waals surface area contributed by atoms with Crippen LogP contribution in [0.4, 0.5) is 0 Å². The van der Waals surface area contributed by atoms with Crippen molar-refractivity contribution in [3.63, 3.8) is 0 Å². The number of benzene rings is 1. The van der Waals surface area contributed by atoms with Crippen LogP contribution in [0.2, 0.25) is 0 Å². The molecule has 0 aromatic heterocycles. The van der Waals surface area contributed by atoms with Crippen molar-refractivity contribution in [3.05, 3.63) is 28.7 Å². The maximum Gasteiger partial charge on any atom is 0.491 e. The summed E-state index contributed by atoms with van der Waals surface area (Å²) in [5.41, 5.74) is 6.23. The van der Waals surface area contributed by atoms with Crippen LogP contribution in [0.3, 0.4) is 0 Å². The number of aromatic hydroxyl groups is 1. The van der Waals surface area contributed by atoms with Gasteiger partial charge in [-0.3, -0.25) is 4.79 Å². The van der Waals surface area contributed by atoms with Crippen LogP contribution in [-0.4, -0.2) is 43.4 Å². The smallest absolute Gasteiger partial charge is 0.491 e. The van der Waals surface area contributed by atoms with Gasteiger partial charge >= 0.3 is 7.12 Å². The van der Waals surface area contributed by atoms with E-state index in [-0.39, 0.29) is 23.6 Å². The average Bonchev–Trinajstić information content (AvgIpc) is 2.73. The molecule has 1 aromatic carbocycles. The average molecular weight is 333 g/mol. The summed E-state index contributed by atoms with van der Waals surface area (Å²) in [6.45, 7) is 8.02. The Labute approximate surface area is 142 Å². The molecule has 1 aliphatic rings. The van der Waals surface area contributed by atoms with Crippen LogP contribution in [-0.2, 0) is 9.31 Å². The summed E-state index contributed by atoms with van der Waals surface area (Å²) in [6.07, 6.45) is 2.30. The quantitative estimate of drug-likeness (QED) is 0.634. The van der Waals surface area contributed by atoms with Gasteiger partial charge in [0.2, 0.25) is 0 Å². The van der Waals surface area contributed by atoms with Crippen molar-refractivity contribution >= 4 is 19.5 Å². The first kappa shape index (κ1) is 18.5. The summed E-state index contributed by atoms with van der Waals surface area (Å²) in [7, 11) is 0.818. The number of hydrogen-bond donors (Lipinski definition) is 2. The van der Waals surface area contributed by atoms with Gasteiger partial charge in [0.25, 0.3) is 0 Å². The Balaban J connectivity index is 2.42. The third kappa shape index (κ3) is 3.20. The maximum atomic E-state index is 11.4. The van der Waals surface area contributed by atoms with E-state index in [9.17, 15) is 9.90 Å². The number of methoxy groups -OCH3 is 1. The highest BCUT2D eigenvalue weighted by atomic mass is 16.7. The second kappa shape index (κ2) is 6.59. The molecular formula is C17H24BNO5. The molecule has 2 rings (SSSR count). The van der Waals surface area contributed by atoms with Gasteiger partial charge in [0, 0.05) is 6.54 Å². The molecule has 0 spiro atoms. The summed E-state index contributed by atoms with van der Waals surface area (Å²) in [5.74, 6) is 0.0331. The number of carbonyl (C=O) groups excluding carboxylic acids is 1. The molecule has 0 bridgehead atoms. The van der Waals surface area contributed by atoms with Crippen molar-refractivity contribution in [1.29, 1.82) is 0 Å². The van der Waals surface area contributed by atoms with E-state index in [1.807, 2.05) is 27.7 Å². The van der Waals surface area contributed by atoms with Crippen LogP contribution in [0.15, 0.2) is 17.6 Å². The van der Waals surface area contributed by atoms with Crippen molar-refractivity contribution in [2.75, 3.05) is 13.7 Å². The Bertz CT molecular complexity index is 653. The molecule has 1 aliphatic heterocycles. The molecule has 6 nitrogen and oxygen atoms in total. The van der Waals surface area contributed by atoms with E-state index in [2.05, 4.69) is 0 Å². The molecule has 1 fully saturated rings. The summed E-state index contributed by atoms with van der Waals surface area (Å²) >= 11 is 0. The third-order valence-electron chi connectivity index (χ3n) is 4.68. The van der Waals surface area contributed by atoms with E-state index in [0.29, 0.717) is 17.3 Å². The first-order valence-corrected chi connectivity index (χ1v) is 7.78. The Morgan fingerprint density at radius 2 is 1.88 bits per heavy atom. The second-order valence-corrected chi connectivity index (χ2v) is 6.75. The number of rotatable bonds is 5. The van der Waals surface area contributed by atoms with Crippen LogP contribution in [0.1, 0.15) is 43.6 Å². The van der Waals surface area contributed by atoms with E-state index < -0.39 is 18.3 Å². The summed E-state index contributed by atoms with van der Waals surface area (Å²) in [5, 5.41) is 10.1. The lowest BCUT2D eigenvalue weighted by Gasteiger charge is -2.32. The fraction of sp³-hybridized carbons (Fsp3) is 0.471. The minimum absolute atomic E-state index is 0.136. The molecular weight excluding hydrogens is 309 g/mol. The zero-order chi connectivity index (χ0) is 18.1. The molecule has 0 unspecified atom stereocenters. The Hall–Kier alpha value is -1.83. The first-order valence-electron chi connectivity index (χ1n) is 7.78. The molecule has 130 valence electrons. The highest BCUT2D eigenvalue weighted by molar-refractivity contribution is 6.56. The van der Waals surface area contributed by atoms with Gasteiger partial charge in [0.05, 0.1) is 23.9 Å². The number of phenols is 1. The SMILES string of the molecule is COc1ccc(C=C(CN)B2OC(C)(C)C(C)(C)O2)c(C=O)c1O. The molecule has 7 heteroatoms. The number of aldehydes is 1. The molecule has 1 saturated heterocycles. The van der Waals surface area contributed by atoms with Crippen molar-refractivity contribution in [2.24, 2.45) is 5.73 Å². The van der Waals surface area contributed by atoms with E-state index in [4.69, 9.17) is 19.8 Å². The fourth-order valence-corrected chi connectivity index (χ4v) is 2.44. The lowest BCUT2D eigenvalue weighted by Crippen LogP contribution is -2.41. The summed E-state index contributed by atoms with van der Waals surface area (Å²) < 4.78 is 17.0. The summed E-state index contributed by atoms with van der Waals surface area (Å²) in [4.78, 5) is 11.4. The van der Waals surface area contributed by atoms with Gasteiger partial charge in [-0.2, -0.15) is 0 Å². The van der Waals surface area contributed by atoms with Crippen LogP contribution in [0.5, 0.6) is 11.5 Å². The zero-order valence-corrected chi connectivity index (χ0v) is 14.8. The number of ether oxygens (including phenoxy) is 1. The first-order chi connectivity index (χ1) is 11.2. The van der Waals surface area contributed by atoms with E-state index in [1.54, 1.807) is 18.2 Å². The standard InChI is InChI=1S/C17H24BNO5/c1-16(2)17(3,4)24-18(23-16)12(9-19)8-11-6-7-14(22-5)15(21)13(11)10-20/h6-8,10,21H,9,19H2,1-5H3. The van der Waals surface area contributed by atoms with Crippen molar-refractivity contribution in [1.82, 2.24) is 0 Å². The predicted octanol–water partition coefficient (Wildman–Crippen LogP) is 2.19. The lowest BCUT2D eigenvalue weighted by molar-refractivity contribution is 0.00578. The molecule has 0 amide bonds. The molecule has 1 aromatic rings. The van der Waals surface area contributed by atoms with E-state index >= 15 is 0 Å². The van der Waals surface area contributed by atoms with Gasteiger partial charge in [-0.1, -0.05) is 12.1 Å². The largest absolute Gasteiger partial charge is 0.504 e. The van der Waals surface area contributed by atoms with Crippen LogP contribution >= 0.6 is 0 Å². The summed E-state index contributed by atoms with van der Waals surface area (Å²) in [6, 6.07) is 3.27. The van der Waals surface area contributed by atoms with Gasteiger partial charge in [-0.25, -0.2) is 0 Å². The Morgan fingerprint density at radius 3 is 2.33 bits per heavy atom. The Kier molecular flexibility index (Phi) is 5.08. The van der Waals surface area contributed by atoms with Crippen LogP contribution < -0.4 is 10.5 Å². The van der Waals surface area contributed by atoms with Crippen molar-refractivity contribution in [3.8, 4) is 11.5 Å². The second-order valence-electron chi connectivity index (χ2n) is 6.75. The van der Waals surface area contributed by atoms with Gasteiger partial charge < -0.3 is 24.9 Å². The van der Waals surface area contributed by atoms with Crippen molar-refractivity contribution in [2.45, 2.75) is 38.9 Å². The highest BCUT2D eigenvalue weighted by Gasteiger charge is 2.52. The molecule has 1 heterocycles. The van der Waals surface area contributed by atoms with E-state index in [1.165, 1.54) is 7.11 Å². The van der Waals surface area contributed by atoms with Gasteiger partial charge in [-0.05, 0) is 44.8 Å². The number of phenolic OH excluding ortho intramolecular Hbond substituents is 1. The topological polar surface area (TPSA) is 91.0 Å². The van der Waals surface area contributed by atoms with Gasteiger partial charge in [0.1, 0.15) is 0 Å². The number of nitrogens with two attached hydrogens (primary N) is 1. The fourth-order valence-electron chi connectivity index (χ4n) is 2.44. The highest BCUT2D eigenvalue weighted by Crippen LogP contribution is 2.39. The molecule has 0 saturated carbocycles. The molecule has 0 aliphatic carbocycles. The minimum atomic E-state index is -0.608. The molecule has 3 N–H and O–H groups in total. The Morgan fingerprint density at radius 1 is 1.29 bits per heavy atom. The van der Waals surface area contributed by atoms with Crippen LogP contribution in [0.25, 0.3) is 6.08 Å². The monoisotopic (exact) mass is 333 g/mol. The molecule has 24 heavy (non-hydrogen) atoms. The van der Waals surface area contributed by atoms with Crippen molar-refractivity contribution < 1.29 is 23.9 Å². The third-order valence-corrected chi connectivity index (χ3v) is 4.68. The normalized spacial score (nSPS) is 19.4. The number of carbonyl (C=O) groups is 1. The zero-order valence-electron chi connectivity index (χ0n) is 14.8. The van der Waals surface area contributed by atoms with Gasteiger partial charge in [-0.15, -0.1) is 0 Å². The lowest BCUT2D eigenvalue weighted by atomic mass is 9.77. The molecule has 0 radical (unpaired) electrons. The maximum absolute atomic E-state index is 11.4. The molecule has 0 atom stereocenters. The minimum Gasteiger partial charge on any atom is -0.504 e.